The van der Waals surface area contributed by atoms with Gasteiger partial charge in [0.05, 0.1) is 10.6 Å². The van der Waals surface area contributed by atoms with E-state index in [-0.39, 0.29) is 17.8 Å². The number of alkyl halides is 3. The molecule has 0 N–H and O–H groups in total. The number of amides is 1. The predicted octanol–water partition coefficient (Wildman–Crippen LogP) is 6.89. The van der Waals surface area contributed by atoms with Crippen molar-refractivity contribution < 1.29 is 22.8 Å². The monoisotopic (exact) mass is 544 g/mol. The Morgan fingerprint density at radius 3 is 2.22 bits per heavy atom. The van der Waals surface area contributed by atoms with Crippen LogP contribution in [-0.4, -0.2) is 67.7 Å². The minimum Gasteiger partial charge on any atom is -0.345 e. The number of hydrogen-bond acceptors (Lipinski definition) is 4. The quantitative estimate of drug-likeness (QED) is 0.289. The van der Waals surface area contributed by atoms with Crippen molar-refractivity contribution in [3.05, 3.63) is 53.6 Å². The summed E-state index contributed by atoms with van der Waals surface area (Å²) in [7, 11) is 5.74. The van der Waals surface area contributed by atoms with Gasteiger partial charge in [0.1, 0.15) is 12.2 Å². The van der Waals surface area contributed by atoms with Crippen LogP contribution in [0.15, 0.2) is 47.9 Å². The average Bonchev–Trinajstić information content (AvgIpc) is 2.82. The summed E-state index contributed by atoms with van der Waals surface area (Å²) in [6.07, 6.45) is 4.24. The Kier molecular flexibility index (Phi) is 11.1. The largest absolute Gasteiger partial charge is 0.402 e. The molecule has 200 valence electrons. The lowest BCUT2D eigenvalue weighted by molar-refractivity contribution is -0.165. The Bertz CT molecular complexity index is 933. The summed E-state index contributed by atoms with van der Waals surface area (Å²) in [6, 6.07) is 5.88. The summed E-state index contributed by atoms with van der Waals surface area (Å²) in [5.41, 5.74) is 0.876. The first-order chi connectivity index (χ1) is 16.8. The van der Waals surface area contributed by atoms with Crippen molar-refractivity contribution in [1.82, 2.24) is 9.80 Å². The molecule has 1 unspecified atom stereocenters. The van der Waals surface area contributed by atoms with Crippen LogP contribution in [0.1, 0.15) is 48.9 Å². The lowest BCUT2D eigenvalue weighted by Crippen LogP contribution is -2.40. The predicted molar refractivity (Wildman–Crippen MR) is 142 cm³/mol. The maximum absolute atomic E-state index is 12.1. The lowest BCUT2D eigenvalue weighted by Gasteiger charge is -2.45. The number of halogens is 4. The number of benzene rings is 1. The second kappa shape index (κ2) is 13.2. The maximum atomic E-state index is 12.1. The van der Waals surface area contributed by atoms with Crippen molar-refractivity contribution in [3.8, 4) is 0 Å². The molecule has 2 fully saturated rings. The second-order valence-electron chi connectivity index (χ2n) is 9.90. The van der Waals surface area contributed by atoms with Crippen LogP contribution in [0.2, 0.25) is 5.02 Å². The molecule has 0 bridgehead atoms. The van der Waals surface area contributed by atoms with Crippen molar-refractivity contribution in [2.45, 2.75) is 54.8 Å². The minimum absolute atomic E-state index is 0.0385. The van der Waals surface area contributed by atoms with Crippen LogP contribution >= 0.6 is 23.4 Å². The number of carbonyl (C=O) groups is 2. The summed E-state index contributed by atoms with van der Waals surface area (Å²) in [6.45, 7) is 8.64. The molecule has 0 aromatic heterocycles. The smallest absolute Gasteiger partial charge is 0.345 e. The van der Waals surface area contributed by atoms with E-state index in [9.17, 15) is 22.8 Å². The van der Waals surface area contributed by atoms with Crippen molar-refractivity contribution in [3.63, 3.8) is 0 Å². The summed E-state index contributed by atoms with van der Waals surface area (Å²) >= 11 is 8.29. The molecule has 1 aliphatic heterocycles. The SMILES string of the molecule is C=CC(=C)C(C=O)C(F)(F)F.CN1CCC2(CCC(Sc3ccc(C(=O)N(C)C)c(Cl)c3)CC2)CC1. The highest BCUT2D eigenvalue weighted by Gasteiger charge is 2.40. The van der Waals surface area contributed by atoms with Crippen LogP contribution in [-0.2, 0) is 4.79 Å². The van der Waals surface area contributed by atoms with Gasteiger partial charge in [-0.1, -0.05) is 30.8 Å². The van der Waals surface area contributed by atoms with E-state index in [2.05, 4.69) is 25.1 Å². The van der Waals surface area contributed by atoms with Gasteiger partial charge < -0.3 is 14.6 Å². The van der Waals surface area contributed by atoms with E-state index in [0.29, 0.717) is 21.3 Å². The van der Waals surface area contributed by atoms with Crippen LogP contribution in [0.5, 0.6) is 0 Å². The second-order valence-corrected chi connectivity index (χ2v) is 11.7. The van der Waals surface area contributed by atoms with Gasteiger partial charge in [0.15, 0.2) is 0 Å². The molecule has 2 aliphatic rings. The van der Waals surface area contributed by atoms with E-state index in [4.69, 9.17) is 11.6 Å². The lowest BCUT2D eigenvalue weighted by atomic mass is 9.68. The molecular weight excluding hydrogens is 509 g/mol. The van der Waals surface area contributed by atoms with E-state index in [1.54, 1.807) is 19.0 Å². The molecule has 1 amide bonds. The number of carbonyl (C=O) groups excluding carboxylic acids is 2. The third-order valence-corrected chi connectivity index (χ3v) is 8.71. The number of allylic oxidation sites excluding steroid dienone is 2. The van der Waals surface area contributed by atoms with Crippen LogP contribution in [0.4, 0.5) is 13.2 Å². The Balaban J connectivity index is 0.000000352. The highest BCUT2D eigenvalue weighted by molar-refractivity contribution is 8.00. The summed E-state index contributed by atoms with van der Waals surface area (Å²) < 4.78 is 35.5. The normalized spacial score (nSPS) is 19.1. The van der Waals surface area contributed by atoms with E-state index in [1.165, 1.54) is 56.5 Å². The zero-order valence-corrected chi connectivity index (χ0v) is 22.8. The van der Waals surface area contributed by atoms with Gasteiger partial charge in [0.2, 0.25) is 0 Å². The average molecular weight is 545 g/mol. The molecule has 1 spiro atoms. The van der Waals surface area contributed by atoms with Crippen molar-refractivity contribution in [1.29, 1.82) is 0 Å². The van der Waals surface area contributed by atoms with Gasteiger partial charge in [-0.15, -0.1) is 11.8 Å². The number of rotatable bonds is 6. The fourth-order valence-corrected chi connectivity index (χ4v) is 6.11. The molecule has 9 heteroatoms. The van der Waals surface area contributed by atoms with E-state index >= 15 is 0 Å². The van der Waals surface area contributed by atoms with Crippen molar-refractivity contribution in [2.75, 3.05) is 34.2 Å². The topological polar surface area (TPSA) is 40.6 Å². The number of thioether (sulfide) groups is 1. The van der Waals surface area contributed by atoms with Gasteiger partial charge in [-0.25, -0.2) is 0 Å². The first-order valence-electron chi connectivity index (χ1n) is 12.0. The zero-order valence-electron chi connectivity index (χ0n) is 21.2. The number of aldehydes is 1. The maximum Gasteiger partial charge on any atom is 0.402 e. The summed E-state index contributed by atoms with van der Waals surface area (Å²) in [5.74, 6) is -2.15. The van der Waals surface area contributed by atoms with Crippen LogP contribution < -0.4 is 0 Å². The van der Waals surface area contributed by atoms with E-state index < -0.39 is 12.1 Å². The Hall–Kier alpha value is -1.77. The molecule has 1 heterocycles. The Labute approximate surface area is 221 Å². The van der Waals surface area contributed by atoms with E-state index in [1.807, 2.05) is 30.0 Å². The van der Waals surface area contributed by atoms with E-state index in [0.717, 1.165) is 6.08 Å². The molecule has 36 heavy (non-hydrogen) atoms. The molecule has 1 aromatic carbocycles. The van der Waals surface area contributed by atoms with Gasteiger partial charge in [0.25, 0.3) is 5.91 Å². The van der Waals surface area contributed by atoms with Gasteiger partial charge in [-0.05, 0) is 87.8 Å². The number of piperidine rings is 1. The van der Waals surface area contributed by atoms with Crippen LogP contribution in [0.3, 0.4) is 0 Å². The molecule has 3 rings (SSSR count). The molecule has 0 radical (unpaired) electrons. The standard InChI is InChI=1S/C20H29ClN2OS.C7H7F3O/c1-22(2)19(24)17-5-4-16(14-18(17)21)25-15-6-8-20(9-7-15)10-12-23(3)13-11-20;1-3-5(2)6(4-11)7(8,9)10/h4-5,14-15H,6-13H2,1-3H3;3-4,6H,1-2H2. The number of likely N-dealkylation sites (tertiary alicyclic amines) is 1. The third kappa shape index (κ3) is 8.38. The molecule has 1 atom stereocenters. The van der Waals surface area contributed by atoms with Crippen molar-refractivity contribution >= 4 is 35.6 Å². The summed E-state index contributed by atoms with van der Waals surface area (Å²) in [5, 5.41) is 1.24. The molecule has 1 aromatic rings. The highest BCUT2D eigenvalue weighted by atomic mass is 35.5. The minimum atomic E-state index is -4.55. The van der Waals surface area contributed by atoms with Crippen LogP contribution in [0, 0.1) is 11.3 Å². The molecular formula is C27H36ClF3N2O2S. The fraction of sp³-hybridized carbons (Fsp3) is 0.556. The summed E-state index contributed by atoms with van der Waals surface area (Å²) in [4.78, 5) is 27.2. The molecule has 1 saturated carbocycles. The van der Waals surface area contributed by atoms with Crippen LogP contribution in [0.25, 0.3) is 0 Å². The third-order valence-electron chi connectivity index (χ3n) is 7.07. The molecule has 4 nitrogen and oxygen atoms in total. The van der Waals surface area contributed by atoms with Gasteiger partial charge in [0, 0.05) is 24.2 Å². The molecule has 1 saturated heterocycles. The van der Waals surface area contributed by atoms with Crippen molar-refractivity contribution in [2.24, 2.45) is 11.3 Å². The van der Waals surface area contributed by atoms with Gasteiger partial charge in [-0.2, -0.15) is 13.2 Å². The first-order valence-corrected chi connectivity index (χ1v) is 13.3. The first kappa shape index (κ1) is 30.5. The van der Waals surface area contributed by atoms with Gasteiger partial charge >= 0.3 is 6.18 Å². The zero-order chi connectivity index (χ0) is 27.1. The number of hydrogen-bond donors (Lipinski definition) is 0. The highest BCUT2D eigenvalue weighted by Crippen LogP contribution is 2.48. The molecule has 1 aliphatic carbocycles. The Morgan fingerprint density at radius 2 is 1.81 bits per heavy atom. The number of nitrogens with zero attached hydrogens (tertiary/aromatic N) is 2. The fourth-order valence-electron chi connectivity index (χ4n) is 4.59. The Morgan fingerprint density at radius 1 is 1.22 bits per heavy atom. The van der Waals surface area contributed by atoms with Gasteiger partial charge in [-0.3, -0.25) is 4.79 Å².